The van der Waals surface area contributed by atoms with Crippen molar-refractivity contribution >= 4 is 28.6 Å². The second-order valence-electron chi connectivity index (χ2n) is 3.48. The maximum atomic E-state index is 13.0. The van der Waals surface area contributed by atoms with Crippen LogP contribution in [0.25, 0.3) is 0 Å². The second-order valence-corrected chi connectivity index (χ2v) is 4.54. The molecule has 17 heavy (non-hydrogen) atoms. The number of nitrogen functional groups attached to an aromatic ring is 1. The number of aromatic nitrogens is 1. The number of hydrogen-bond donors (Lipinski definition) is 2. The number of benzene rings is 1. The van der Waals surface area contributed by atoms with E-state index >= 15 is 0 Å². The van der Waals surface area contributed by atoms with Crippen molar-refractivity contribution in [3.63, 3.8) is 0 Å². The van der Waals surface area contributed by atoms with E-state index < -0.39 is 5.82 Å². The molecule has 0 fully saturated rings. The fourth-order valence-corrected chi connectivity index (χ4v) is 1.94. The molecule has 0 bridgehead atoms. The van der Waals surface area contributed by atoms with Gasteiger partial charge < -0.3 is 11.1 Å². The van der Waals surface area contributed by atoms with Crippen LogP contribution in [-0.2, 0) is 0 Å². The first kappa shape index (κ1) is 11.5. The molecule has 0 saturated heterocycles. The zero-order valence-electron chi connectivity index (χ0n) is 9.03. The fraction of sp³-hybridized carbons (Fsp3) is 0.0909. The number of carbonyl (C=O) groups is 1. The van der Waals surface area contributed by atoms with Gasteiger partial charge in [0.15, 0.2) is 0 Å². The van der Waals surface area contributed by atoms with Crippen LogP contribution >= 0.6 is 11.3 Å². The van der Waals surface area contributed by atoms with Crippen LogP contribution in [0.15, 0.2) is 23.6 Å². The highest BCUT2D eigenvalue weighted by Crippen LogP contribution is 2.17. The van der Waals surface area contributed by atoms with Crippen molar-refractivity contribution < 1.29 is 9.18 Å². The van der Waals surface area contributed by atoms with E-state index in [2.05, 4.69) is 10.3 Å². The van der Waals surface area contributed by atoms with Crippen LogP contribution in [-0.4, -0.2) is 10.9 Å². The molecule has 88 valence electrons. The lowest BCUT2D eigenvalue weighted by atomic mass is 10.2. The number of aryl methyl sites for hydroxylation is 1. The molecule has 0 saturated carbocycles. The van der Waals surface area contributed by atoms with Gasteiger partial charge in [-0.15, -0.1) is 11.3 Å². The number of nitrogens with zero attached hydrogens (tertiary/aromatic N) is 1. The highest BCUT2D eigenvalue weighted by molar-refractivity contribution is 7.09. The van der Waals surface area contributed by atoms with E-state index in [9.17, 15) is 9.18 Å². The Labute approximate surface area is 101 Å². The molecule has 0 aliphatic rings. The highest BCUT2D eigenvalue weighted by atomic mass is 32.1. The van der Waals surface area contributed by atoms with Crippen LogP contribution in [0.4, 0.5) is 15.8 Å². The largest absolute Gasteiger partial charge is 0.399 e. The van der Waals surface area contributed by atoms with Gasteiger partial charge in [0.25, 0.3) is 5.91 Å². The quantitative estimate of drug-likeness (QED) is 0.805. The van der Waals surface area contributed by atoms with Gasteiger partial charge >= 0.3 is 0 Å². The molecular weight excluding hydrogens is 241 g/mol. The van der Waals surface area contributed by atoms with E-state index in [4.69, 9.17) is 5.73 Å². The summed E-state index contributed by atoms with van der Waals surface area (Å²) in [5.41, 5.74) is 6.36. The minimum Gasteiger partial charge on any atom is -0.399 e. The van der Waals surface area contributed by atoms with E-state index in [1.165, 1.54) is 29.5 Å². The molecule has 0 atom stereocenters. The van der Waals surface area contributed by atoms with Crippen LogP contribution < -0.4 is 11.1 Å². The van der Waals surface area contributed by atoms with E-state index in [0.717, 1.165) is 5.01 Å². The van der Waals surface area contributed by atoms with Crippen molar-refractivity contribution in [1.29, 1.82) is 0 Å². The molecule has 2 rings (SSSR count). The third-order valence-electron chi connectivity index (χ3n) is 2.03. The van der Waals surface area contributed by atoms with Gasteiger partial charge in [-0.1, -0.05) is 0 Å². The molecule has 1 heterocycles. The van der Waals surface area contributed by atoms with Crippen LogP contribution in [0.2, 0.25) is 0 Å². The van der Waals surface area contributed by atoms with Gasteiger partial charge in [0, 0.05) is 16.8 Å². The van der Waals surface area contributed by atoms with Crippen molar-refractivity contribution in [2.75, 3.05) is 11.1 Å². The Balaban J connectivity index is 2.18. The summed E-state index contributed by atoms with van der Waals surface area (Å²) in [5, 5.41) is 4.98. The Bertz CT molecular complexity index is 547. The minimum atomic E-state index is -0.491. The Morgan fingerprint density at radius 2 is 2.24 bits per heavy atom. The number of rotatable bonds is 2. The van der Waals surface area contributed by atoms with Crippen LogP contribution in [0.3, 0.4) is 0 Å². The first-order valence-electron chi connectivity index (χ1n) is 4.84. The molecule has 0 aliphatic carbocycles. The SMILES string of the molecule is Cc1nc(C(=O)Nc2cc(N)cc(F)c2)cs1. The number of thiazole rings is 1. The zero-order chi connectivity index (χ0) is 12.4. The lowest BCUT2D eigenvalue weighted by molar-refractivity contribution is 0.102. The molecule has 3 N–H and O–H groups in total. The fourth-order valence-electron chi connectivity index (χ4n) is 1.35. The molecule has 1 aromatic carbocycles. The maximum Gasteiger partial charge on any atom is 0.275 e. The van der Waals surface area contributed by atoms with Gasteiger partial charge in [-0.2, -0.15) is 0 Å². The Hall–Kier alpha value is -1.95. The van der Waals surface area contributed by atoms with Gasteiger partial charge in [0.2, 0.25) is 0 Å². The highest BCUT2D eigenvalue weighted by Gasteiger charge is 2.10. The topological polar surface area (TPSA) is 68.0 Å². The van der Waals surface area contributed by atoms with Crippen molar-refractivity contribution in [3.05, 3.63) is 40.1 Å². The Morgan fingerprint density at radius 3 is 2.82 bits per heavy atom. The number of nitrogens with one attached hydrogen (secondary N) is 1. The monoisotopic (exact) mass is 251 g/mol. The average molecular weight is 251 g/mol. The first-order valence-corrected chi connectivity index (χ1v) is 5.72. The van der Waals surface area contributed by atoms with Gasteiger partial charge in [0.1, 0.15) is 11.5 Å². The summed E-state index contributed by atoms with van der Waals surface area (Å²) in [6, 6.07) is 3.87. The number of amides is 1. The van der Waals surface area contributed by atoms with Crippen molar-refractivity contribution in [2.24, 2.45) is 0 Å². The molecule has 2 aromatic rings. The maximum absolute atomic E-state index is 13.0. The molecule has 0 radical (unpaired) electrons. The summed E-state index contributed by atoms with van der Waals surface area (Å²) in [5.74, 6) is -0.867. The zero-order valence-corrected chi connectivity index (χ0v) is 9.84. The van der Waals surface area contributed by atoms with E-state index in [1.54, 1.807) is 5.38 Å². The van der Waals surface area contributed by atoms with Gasteiger partial charge in [-0.3, -0.25) is 4.79 Å². The van der Waals surface area contributed by atoms with E-state index in [1.807, 2.05) is 6.92 Å². The molecule has 0 unspecified atom stereocenters. The summed E-state index contributed by atoms with van der Waals surface area (Å²) in [6.45, 7) is 1.81. The predicted molar refractivity (Wildman–Crippen MR) is 65.6 cm³/mol. The van der Waals surface area contributed by atoms with Crippen LogP contribution in [0, 0.1) is 12.7 Å². The second kappa shape index (κ2) is 4.50. The molecule has 0 aliphatic heterocycles. The summed E-state index contributed by atoms with van der Waals surface area (Å²) in [6.07, 6.45) is 0. The number of hydrogen-bond acceptors (Lipinski definition) is 4. The number of anilines is 2. The normalized spacial score (nSPS) is 10.2. The molecule has 4 nitrogen and oxygen atoms in total. The first-order chi connectivity index (χ1) is 8.04. The summed E-state index contributed by atoms with van der Waals surface area (Å²) in [4.78, 5) is 15.8. The smallest absolute Gasteiger partial charge is 0.275 e. The van der Waals surface area contributed by atoms with Crippen molar-refractivity contribution in [3.8, 4) is 0 Å². The molecule has 1 aromatic heterocycles. The van der Waals surface area contributed by atoms with Crippen molar-refractivity contribution in [1.82, 2.24) is 4.98 Å². The van der Waals surface area contributed by atoms with Crippen LogP contribution in [0.1, 0.15) is 15.5 Å². The lowest BCUT2D eigenvalue weighted by Crippen LogP contribution is -2.12. The van der Waals surface area contributed by atoms with E-state index in [0.29, 0.717) is 11.4 Å². The number of carbonyl (C=O) groups excluding carboxylic acids is 1. The van der Waals surface area contributed by atoms with E-state index in [-0.39, 0.29) is 11.6 Å². The standard InChI is InChI=1S/C11H10FN3OS/c1-6-14-10(5-17-6)11(16)15-9-3-7(12)2-8(13)4-9/h2-5H,13H2,1H3,(H,15,16). The Kier molecular flexibility index (Phi) is 3.06. The molecule has 6 heteroatoms. The summed E-state index contributed by atoms with van der Waals surface area (Å²) < 4.78 is 13.0. The van der Waals surface area contributed by atoms with Gasteiger partial charge in [-0.05, 0) is 25.1 Å². The summed E-state index contributed by atoms with van der Waals surface area (Å²) in [7, 11) is 0. The minimum absolute atomic E-state index is 0.259. The predicted octanol–water partition coefficient (Wildman–Crippen LogP) is 2.43. The average Bonchev–Trinajstić information content (AvgIpc) is 2.63. The van der Waals surface area contributed by atoms with Gasteiger partial charge in [-0.25, -0.2) is 9.37 Å². The third kappa shape index (κ3) is 2.79. The molecular formula is C11H10FN3OS. The lowest BCUT2D eigenvalue weighted by Gasteiger charge is -2.04. The third-order valence-corrected chi connectivity index (χ3v) is 2.80. The van der Waals surface area contributed by atoms with Crippen molar-refractivity contribution in [2.45, 2.75) is 6.92 Å². The number of nitrogens with two attached hydrogens (primary N) is 1. The molecule has 1 amide bonds. The summed E-state index contributed by atoms with van der Waals surface area (Å²) >= 11 is 1.38. The van der Waals surface area contributed by atoms with Crippen LogP contribution in [0.5, 0.6) is 0 Å². The Morgan fingerprint density at radius 1 is 1.47 bits per heavy atom. The number of halogens is 1. The van der Waals surface area contributed by atoms with Gasteiger partial charge in [0.05, 0.1) is 5.01 Å². The molecule has 0 spiro atoms.